The first-order chi connectivity index (χ1) is 18.3. The number of carbonyl (C=O) groups excluding carboxylic acids is 2. The number of phenolic OH excluding ortho intramolecular Hbond substituents is 1. The average molecular weight is 537 g/mol. The number of benzene rings is 2. The highest BCUT2D eigenvalue weighted by atomic mass is 16.6. The maximum absolute atomic E-state index is 13.7. The second-order valence-corrected chi connectivity index (χ2v) is 12.9. The smallest absolute Gasteiger partial charge is 0.312 e. The van der Waals surface area contributed by atoms with Crippen molar-refractivity contribution in [3.05, 3.63) is 65.7 Å². The molecule has 214 valence electrons. The van der Waals surface area contributed by atoms with E-state index in [1.807, 2.05) is 70.2 Å². The second-order valence-electron chi connectivity index (χ2n) is 12.9. The molecule has 0 saturated heterocycles. The van der Waals surface area contributed by atoms with E-state index >= 15 is 0 Å². The lowest BCUT2D eigenvalue weighted by Gasteiger charge is -2.43. The lowest BCUT2D eigenvalue weighted by molar-refractivity contribution is -0.174. The molecule has 0 aromatic heterocycles. The predicted octanol–water partition coefficient (Wildman–Crippen LogP) is 8.44. The Hall–Kier alpha value is -2.82. The molecule has 0 bridgehead atoms. The van der Waals surface area contributed by atoms with Gasteiger partial charge in [-0.15, -0.1) is 0 Å². The van der Waals surface area contributed by atoms with Crippen molar-refractivity contribution in [2.24, 2.45) is 10.8 Å². The number of rotatable bonds is 12. The Morgan fingerprint density at radius 3 is 2.05 bits per heavy atom. The van der Waals surface area contributed by atoms with Crippen LogP contribution >= 0.6 is 0 Å². The van der Waals surface area contributed by atoms with E-state index in [-0.39, 0.29) is 35.6 Å². The average Bonchev–Trinajstić information content (AvgIpc) is 3.34. The van der Waals surface area contributed by atoms with Gasteiger partial charge >= 0.3 is 11.9 Å². The molecule has 1 fully saturated rings. The molecule has 5 nitrogen and oxygen atoms in total. The topological polar surface area (TPSA) is 72.8 Å². The van der Waals surface area contributed by atoms with E-state index in [4.69, 9.17) is 9.47 Å². The lowest BCUT2D eigenvalue weighted by atomic mass is 9.62. The molecule has 1 aliphatic carbocycles. The molecule has 1 N–H and O–H groups in total. The summed E-state index contributed by atoms with van der Waals surface area (Å²) in [6.07, 6.45) is 6.18. The third-order valence-corrected chi connectivity index (χ3v) is 8.80. The molecular formula is C34H48O5. The van der Waals surface area contributed by atoms with Crippen LogP contribution in [0, 0.1) is 10.8 Å². The summed E-state index contributed by atoms with van der Waals surface area (Å²) in [6, 6.07) is 16.9. The quantitative estimate of drug-likeness (QED) is 0.276. The number of aromatic hydroxyl groups is 1. The number of hydrogen-bond donors (Lipinski definition) is 1. The van der Waals surface area contributed by atoms with E-state index in [0.717, 1.165) is 49.7 Å². The van der Waals surface area contributed by atoms with Crippen molar-refractivity contribution in [2.45, 2.75) is 117 Å². The van der Waals surface area contributed by atoms with Crippen LogP contribution in [-0.4, -0.2) is 22.6 Å². The molecule has 39 heavy (non-hydrogen) atoms. The highest BCUT2D eigenvalue weighted by molar-refractivity contribution is 5.77. The molecule has 2 aromatic carbocycles. The number of ether oxygens (including phenoxy) is 2. The fraction of sp³-hybridized carbons (Fsp3) is 0.588. The van der Waals surface area contributed by atoms with E-state index in [9.17, 15) is 14.7 Å². The van der Waals surface area contributed by atoms with Crippen molar-refractivity contribution in [2.75, 3.05) is 0 Å². The number of hydrogen-bond acceptors (Lipinski definition) is 5. The Bertz CT molecular complexity index is 1100. The van der Waals surface area contributed by atoms with Gasteiger partial charge in [-0.3, -0.25) is 9.59 Å². The molecule has 2 unspecified atom stereocenters. The molecule has 0 aliphatic heterocycles. The summed E-state index contributed by atoms with van der Waals surface area (Å²) < 4.78 is 12.3. The van der Waals surface area contributed by atoms with Gasteiger partial charge in [0.2, 0.25) is 0 Å². The highest BCUT2D eigenvalue weighted by Gasteiger charge is 2.47. The van der Waals surface area contributed by atoms with Crippen LogP contribution < -0.4 is 0 Å². The third-order valence-electron chi connectivity index (χ3n) is 8.80. The third kappa shape index (κ3) is 7.43. The molecule has 0 heterocycles. The van der Waals surface area contributed by atoms with Crippen molar-refractivity contribution in [3.63, 3.8) is 0 Å². The van der Waals surface area contributed by atoms with Crippen LogP contribution in [0.3, 0.4) is 0 Å². The molecule has 2 aromatic rings. The standard InChI is InChI=1S/C34H48O5/c1-8-28(25-17-19-27(35)20-18-25)33(7,23-29(36)38-32(5,6)26-15-11-10-12-16-26)24-31(3,4)30(37)39-34(9-2)21-13-14-22-34/h10-12,15-20,28,35H,8-9,13-14,21-24H2,1-7H3. The first-order valence-electron chi connectivity index (χ1n) is 14.6. The minimum Gasteiger partial charge on any atom is -0.508 e. The zero-order valence-electron chi connectivity index (χ0n) is 25.0. The van der Waals surface area contributed by atoms with Gasteiger partial charge in [0.05, 0.1) is 11.8 Å². The van der Waals surface area contributed by atoms with Crippen LogP contribution in [-0.2, 0) is 24.7 Å². The first kappa shape index (κ1) is 30.7. The SMILES string of the molecule is CCC(c1ccc(O)cc1)C(C)(CC(=O)OC(C)(C)c1ccccc1)CC(C)(C)C(=O)OC1(CC)CCCC1. The van der Waals surface area contributed by atoms with Crippen LogP contribution in [0.25, 0.3) is 0 Å². The molecule has 1 saturated carbocycles. The second kappa shape index (κ2) is 12.1. The number of carbonyl (C=O) groups is 2. The van der Waals surface area contributed by atoms with E-state index in [0.29, 0.717) is 6.42 Å². The fourth-order valence-corrected chi connectivity index (χ4v) is 6.66. The largest absolute Gasteiger partial charge is 0.508 e. The number of phenols is 1. The summed E-state index contributed by atoms with van der Waals surface area (Å²) in [7, 11) is 0. The van der Waals surface area contributed by atoms with Gasteiger partial charge in [-0.25, -0.2) is 0 Å². The lowest BCUT2D eigenvalue weighted by Crippen LogP contribution is -2.42. The predicted molar refractivity (Wildman–Crippen MR) is 155 cm³/mol. The molecule has 3 rings (SSSR count). The zero-order valence-corrected chi connectivity index (χ0v) is 25.0. The summed E-state index contributed by atoms with van der Waals surface area (Å²) in [4.78, 5) is 27.3. The summed E-state index contributed by atoms with van der Waals surface area (Å²) in [5.74, 6) is -0.335. The Kier molecular flexibility index (Phi) is 9.56. The van der Waals surface area contributed by atoms with Crippen LogP contribution in [0.1, 0.15) is 117 Å². The Labute approximate surface area is 235 Å². The fourth-order valence-electron chi connectivity index (χ4n) is 6.66. The van der Waals surface area contributed by atoms with E-state index in [2.05, 4.69) is 20.8 Å². The minimum atomic E-state index is -0.806. The van der Waals surface area contributed by atoms with Gasteiger partial charge in [0.1, 0.15) is 17.0 Å². The summed E-state index contributed by atoms with van der Waals surface area (Å²) >= 11 is 0. The minimum absolute atomic E-state index is 0.0378. The van der Waals surface area contributed by atoms with Crippen LogP contribution in [0.5, 0.6) is 5.75 Å². The van der Waals surface area contributed by atoms with Crippen molar-refractivity contribution in [1.29, 1.82) is 0 Å². The normalized spacial score (nSPS) is 17.7. The van der Waals surface area contributed by atoms with Gasteiger partial charge in [-0.05, 0) is 107 Å². The highest BCUT2D eigenvalue weighted by Crippen LogP contribution is 2.50. The van der Waals surface area contributed by atoms with E-state index in [1.165, 1.54) is 0 Å². The van der Waals surface area contributed by atoms with Crippen LogP contribution in [0.15, 0.2) is 54.6 Å². The maximum atomic E-state index is 13.7. The van der Waals surface area contributed by atoms with Crippen molar-refractivity contribution in [3.8, 4) is 5.75 Å². The maximum Gasteiger partial charge on any atom is 0.312 e. The van der Waals surface area contributed by atoms with Gasteiger partial charge in [0.15, 0.2) is 0 Å². The number of esters is 2. The van der Waals surface area contributed by atoms with Gasteiger partial charge in [-0.2, -0.15) is 0 Å². The molecule has 2 atom stereocenters. The van der Waals surface area contributed by atoms with Crippen LogP contribution in [0.2, 0.25) is 0 Å². The summed E-state index contributed by atoms with van der Waals surface area (Å²) in [5.41, 5.74) is -0.616. The molecule has 1 aliphatic rings. The Balaban J connectivity index is 1.91. The molecule has 0 spiro atoms. The van der Waals surface area contributed by atoms with E-state index in [1.54, 1.807) is 12.1 Å². The van der Waals surface area contributed by atoms with Crippen molar-refractivity contribution in [1.82, 2.24) is 0 Å². The van der Waals surface area contributed by atoms with Gasteiger partial charge < -0.3 is 14.6 Å². The van der Waals surface area contributed by atoms with Crippen molar-refractivity contribution >= 4 is 11.9 Å². The van der Waals surface area contributed by atoms with Gasteiger partial charge in [0.25, 0.3) is 0 Å². The molecule has 5 heteroatoms. The molecule has 0 amide bonds. The summed E-state index contributed by atoms with van der Waals surface area (Å²) in [6.45, 7) is 14.0. The van der Waals surface area contributed by atoms with Gasteiger partial charge in [0, 0.05) is 0 Å². The van der Waals surface area contributed by atoms with Gasteiger partial charge in [-0.1, -0.05) is 63.2 Å². The monoisotopic (exact) mass is 536 g/mol. The van der Waals surface area contributed by atoms with E-state index < -0.39 is 16.4 Å². The molecule has 0 radical (unpaired) electrons. The first-order valence-corrected chi connectivity index (χ1v) is 14.6. The summed E-state index contributed by atoms with van der Waals surface area (Å²) in [5, 5.41) is 9.90. The Morgan fingerprint density at radius 1 is 0.923 bits per heavy atom. The van der Waals surface area contributed by atoms with Crippen molar-refractivity contribution < 1.29 is 24.2 Å². The molecular weight excluding hydrogens is 488 g/mol. The Morgan fingerprint density at radius 2 is 1.51 bits per heavy atom. The zero-order chi connectivity index (χ0) is 28.9. The van der Waals surface area contributed by atoms with Crippen LogP contribution in [0.4, 0.5) is 0 Å².